The Balaban J connectivity index is 1.92. The van der Waals surface area contributed by atoms with Crippen LogP contribution in [0.15, 0.2) is 54.6 Å². The lowest BCUT2D eigenvalue weighted by Gasteiger charge is -2.33. The largest absolute Gasteiger partial charge is 0.351 e. The predicted molar refractivity (Wildman–Crippen MR) is 117 cm³/mol. The molecule has 1 aliphatic carbocycles. The summed E-state index contributed by atoms with van der Waals surface area (Å²) < 4.78 is 0. The van der Waals surface area contributed by atoms with E-state index in [1.54, 1.807) is 4.90 Å². The molecule has 1 N–H and O–H groups in total. The van der Waals surface area contributed by atoms with E-state index in [0.717, 1.165) is 42.4 Å². The van der Waals surface area contributed by atoms with Crippen molar-refractivity contribution in [1.82, 2.24) is 10.2 Å². The quantitative estimate of drug-likeness (QED) is 0.667. The number of aryl methyl sites for hydroxylation is 1. The number of carbonyl (C=O) groups excluding carboxylic acids is 2. The number of rotatable bonds is 7. The lowest BCUT2D eigenvalue weighted by atomic mass is 9.94. The summed E-state index contributed by atoms with van der Waals surface area (Å²) in [5, 5.41) is 3.20. The Morgan fingerprint density at radius 1 is 1.03 bits per heavy atom. The molecule has 29 heavy (non-hydrogen) atoms. The number of alkyl halides is 1. The molecule has 0 heterocycles. The Labute approximate surface area is 178 Å². The molecule has 5 heteroatoms. The summed E-state index contributed by atoms with van der Waals surface area (Å²) in [5.74, 6) is -0.540. The molecule has 154 valence electrons. The third-order valence-electron chi connectivity index (χ3n) is 5.54. The van der Waals surface area contributed by atoms with Crippen LogP contribution in [0.2, 0.25) is 0 Å². The predicted octanol–water partition coefficient (Wildman–Crippen LogP) is 4.75. The first-order valence-electron chi connectivity index (χ1n) is 10.3. The molecule has 0 bridgehead atoms. The highest BCUT2D eigenvalue weighted by Gasteiger charge is 2.32. The zero-order chi connectivity index (χ0) is 20.6. The highest BCUT2D eigenvalue weighted by molar-refractivity contribution is 6.27. The Hall–Kier alpha value is -2.33. The van der Waals surface area contributed by atoms with Gasteiger partial charge in [0.1, 0.15) is 11.9 Å². The third kappa shape index (κ3) is 5.83. The van der Waals surface area contributed by atoms with E-state index in [-0.39, 0.29) is 23.7 Å². The van der Waals surface area contributed by atoms with Crippen molar-refractivity contribution in [2.45, 2.75) is 57.7 Å². The second kappa shape index (κ2) is 10.4. The molecule has 0 aliphatic heterocycles. The lowest BCUT2D eigenvalue weighted by molar-refractivity contribution is -0.140. The molecule has 2 aromatic carbocycles. The van der Waals surface area contributed by atoms with Gasteiger partial charge >= 0.3 is 0 Å². The number of nitrogens with zero attached hydrogens (tertiary/aromatic N) is 1. The summed E-state index contributed by atoms with van der Waals surface area (Å²) >= 11 is 5.94. The number of nitrogens with one attached hydrogen (secondary N) is 1. The topological polar surface area (TPSA) is 49.4 Å². The van der Waals surface area contributed by atoms with E-state index in [1.165, 1.54) is 6.42 Å². The highest BCUT2D eigenvalue weighted by atomic mass is 35.5. The number of amides is 2. The van der Waals surface area contributed by atoms with Crippen molar-refractivity contribution in [3.05, 3.63) is 71.3 Å². The van der Waals surface area contributed by atoms with Crippen molar-refractivity contribution in [2.24, 2.45) is 0 Å². The van der Waals surface area contributed by atoms with Crippen molar-refractivity contribution in [3.8, 4) is 0 Å². The van der Waals surface area contributed by atoms with Crippen molar-refractivity contribution in [3.63, 3.8) is 0 Å². The van der Waals surface area contributed by atoms with E-state index in [4.69, 9.17) is 11.6 Å². The average molecular weight is 413 g/mol. The van der Waals surface area contributed by atoms with Gasteiger partial charge < -0.3 is 10.2 Å². The molecule has 2 aromatic rings. The molecule has 3 rings (SSSR count). The minimum atomic E-state index is -0.705. The van der Waals surface area contributed by atoms with E-state index < -0.39 is 6.04 Å². The van der Waals surface area contributed by atoms with Crippen LogP contribution in [-0.2, 0) is 16.1 Å². The fourth-order valence-electron chi connectivity index (χ4n) is 3.93. The van der Waals surface area contributed by atoms with Crippen LogP contribution in [0.1, 0.15) is 54.8 Å². The van der Waals surface area contributed by atoms with Crippen molar-refractivity contribution < 1.29 is 9.59 Å². The molecular weight excluding hydrogens is 384 g/mol. The van der Waals surface area contributed by atoms with Crippen LogP contribution < -0.4 is 5.32 Å². The van der Waals surface area contributed by atoms with Gasteiger partial charge in [-0.2, -0.15) is 0 Å². The Morgan fingerprint density at radius 2 is 1.69 bits per heavy atom. The SMILES string of the molecule is Cc1ccc([C@@H](C(=O)NC2CCCCC2)N(Cc2ccccc2)C(=O)CCl)cc1. The summed E-state index contributed by atoms with van der Waals surface area (Å²) in [6.45, 7) is 2.34. The first kappa shape index (κ1) is 21.4. The minimum Gasteiger partial charge on any atom is -0.351 e. The van der Waals surface area contributed by atoms with Crippen molar-refractivity contribution in [1.29, 1.82) is 0 Å². The van der Waals surface area contributed by atoms with Gasteiger partial charge in [0, 0.05) is 12.6 Å². The second-order valence-corrected chi connectivity index (χ2v) is 8.06. The number of hydrogen-bond acceptors (Lipinski definition) is 2. The summed E-state index contributed by atoms with van der Waals surface area (Å²) in [6, 6.07) is 17.0. The number of benzene rings is 2. The summed E-state index contributed by atoms with van der Waals surface area (Å²) in [6.07, 6.45) is 5.48. The van der Waals surface area contributed by atoms with E-state index >= 15 is 0 Å². The molecule has 2 amide bonds. The zero-order valence-corrected chi connectivity index (χ0v) is 17.7. The third-order valence-corrected chi connectivity index (χ3v) is 5.76. The van der Waals surface area contributed by atoms with E-state index in [9.17, 15) is 9.59 Å². The van der Waals surface area contributed by atoms with Crippen molar-refractivity contribution >= 4 is 23.4 Å². The lowest BCUT2D eigenvalue weighted by Crippen LogP contribution is -2.47. The van der Waals surface area contributed by atoms with Crippen molar-refractivity contribution in [2.75, 3.05) is 5.88 Å². The molecule has 4 nitrogen and oxygen atoms in total. The van der Waals surface area contributed by atoms with Crippen LogP contribution in [0.25, 0.3) is 0 Å². The molecule has 0 aromatic heterocycles. The Morgan fingerprint density at radius 3 is 2.31 bits per heavy atom. The maximum absolute atomic E-state index is 13.4. The van der Waals surface area contributed by atoms with Gasteiger partial charge in [0.05, 0.1) is 0 Å². The monoisotopic (exact) mass is 412 g/mol. The number of carbonyl (C=O) groups is 2. The first-order valence-corrected chi connectivity index (χ1v) is 10.9. The van der Waals surface area contributed by atoms with Crippen LogP contribution in [0.4, 0.5) is 0 Å². The van der Waals surface area contributed by atoms with Gasteiger partial charge in [-0.3, -0.25) is 9.59 Å². The summed E-state index contributed by atoms with van der Waals surface area (Å²) in [5.41, 5.74) is 2.88. The van der Waals surface area contributed by atoms with Gasteiger partial charge in [0.15, 0.2) is 0 Å². The Kier molecular flexibility index (Phi) is 7.70. The Bertz CT molecular complexity index is 801. The number of halogens is 1. The normalized spacial score (nSPS) is 15.5. The van der Waals surface area contributed by atoms with Crippen LogP contribution >= 0.6 is 11.6 Å². The van der Waals surface area contributed by atoms with Gasteiger partial charge in [0.25, 0.3) is 0 Å². The van der Waals surface area contributed by atoms with Gasteiger partial charge in [-0.1, -0.05) is 79.4 Å². The fraction of sp³-hybridized carbons (Fsp3) is 0.417. The standard InChI is InChI=1S/C24H29ClN2O2/c1-18-12-14-20(15-13-18)23(24(29)26-21-10-6-3-7-11-21)27(22(28)16-25)17-19-8-4-2-5-9-19/h2,4-5,8-9,12-15,21,23H,3,6-7,10-11,16-17H2,1H3,(H,26,29)/t23-/m0/s1. The van der Waals surface area contributed by atoms with Crippen LogP contribution in [0, 0.1) is 6.92 Å². The average Bonchev–Trinajstić information content (AvgIpc) is 2.75. The smallest absolute Gasteiger partial charge is 0.247 e. The van der Waals surface area contributed by atoms with Gasteiger partial charge in [-0.05, 0) is 30.9 Å². The maximum atomic E-state index is 13.4. The van der Waals surface area contributed by atoms with E-state index in [0.29, 0.717) is 6.54 Å². The highest BCUT2D eigenvalue weighted by Crippen LogP contribution is 2.26. The fourth-order valence-corrected chi connectivity index (χ4v) is 4.08. The molecular formula is C24H29ClN2O2. The minimum absolute atomic E-state index is 0.129. The van der Waals surface area contributed by atoms with Crippen LogP contribution in [0.5, 0.6) is 0 Å². The molecule has 1 atom stereocenters. The number of hydrogen-bond donors (Lipinski definition) is 1. The molecule has 1 saturated carbocycles. The molecule has 1 aliphatic rings. The molecule has 0 spiro atoms. The summed E-state index contributed by atoms with van der Waals surface area (Å²) in [4.78, 5) is 27.8. The van der Waals surface area contributed by atoms with Crippen LogP contribution in [0.3, 0.4) is 0 Å². The second-order valence-electron chi connectivity index (χ2n) is 7.80. The molecule has 0 unspecified atom stereocenters. The first-order chi connectivity index (χ1) is 14.1. The van der Waals surface area contributed by atoms with E-state index in [2.05, 4.69) is 5.32 Å². The molecule has 1 fully saturated rings. The maximum Gasteiger partial charge on any atom is 0.247 e. The van der Waals surface area contributed by atoms with Gasteiger partial charge in [0.2, 0.25) is 11.8 Å². The van der Waals surface area contributed by atoms with Gasteiger partial charge in [-0.15, -0.1) is 11.6 Å². The van der Waals surface area contributed by atoms with Crippen LogP contribution in [-0.4, -0.2) is 28.6 Å². The zero-order valence-electron chi connectivity index (χ0n) is 16.9. The molecule has 0 saturated heterocycles. The van der Waals surface area contributed by atoms with Gasteiger partial charge in [-0.25, -0.2) is 0 Å². The summed E-state index contributed by atoms with van der Waals surface area (Å²) in [7, 11) is 0. The van der Waals surface area contributed by atoms with E-state index in [1.807, 2.05) is 61.5 Å². The molecule has 0 radical (unpaired) electrons.